The molecule has 0 aliphatic carbocycles. The molecule has 8 heteroatoms. The van der Waals surface area contributed by atoms with Crippen molar-refractivity contribution in [2.75, 3.05) is 6.54 Å². The molecule has 0 bridgehead atoms. The molecule has 1 aromatic rings. The number of carbonyl (C=O) groups excluding carboxylic acids is 1. The van der Waals surface area contributed by atoms with Gasteiger partial charge in [0.05, 0.1) is 6.07 Å². The monoisotopic (exact) mass is 303 g/mol. The minimum Gasteiger partial charge on any atom is -0.395 e. The van der Waals surface area contributed by atoms with Gasteiger partial charge in [-0.25, -0.2) is 0 Å². The van der Waals surface area contributed by atoms with Gasteiger partial charge in [0.15, 0.2) is 5.76 Å². The van der Waals surface area contributed by atoms with E-state index in [9.17, 15) is 14.9 Å². The molecule has 20 heavy (non-hydrogen) atoms. The highest BCUT2D eigenvalue weighted by Gasteiger charge is 2.32. The Morgan fingerprint density at radius 1 is 1.55 bits per heavy atom. The van der Waals surface area contributed by atoms with Crippen LogP contribution in [0.25, 0.3) is 0 Å². The number of nitrogens with two attached hydrogens (primary N) is 1. The summed E-state index contributed by atoms with van der Waals surface area (Å²) in [4.78, 5) is 23.9. The molecule has 1 amide bonds. The van der Waals surface area contributed by atoms with Crippen LogP contribution in [0.15, 0.2) is 16.5 Å². The first-order chi connectivity index (χ1) is 9.00. The molecular weight excluding hydrogens is 286 g/mol. The summed E-state index contributed by atoms with van der Waals surface area (Å²) in [6.45, 7) is 2.47. The van der Waals surface area contributed by atoms with Gasteiger partial charge in [0.25, 0.3) is 5.91 Å². The molecule has 1 aliphatic rings. The third-order valence-corrected chi connectivity index (χ3v) is 3.40. The molecule has 2 unspecified atom stereocenters. The number of nitrogens with zero attached hydrogens (tertiary/aromatic N) is 2. The van der Waals surface area contributed by atoms with Crippen LogP contribution in [0.2, 0.25) is 0 Å². The first kappa shape index (κ1) is 16.5. The van der Waals surface area contributed by atoms with Gasteiger partial charge in [-0.1, -0.05) is 0 Å². The van der Waals surface area contributed by atoms with Crippen LogP contribution in [-0.4, -0.2) is 34.4 Å². The summed E-state index contributed by atoms with van der Waals surface area (Å²) in [7, 11) is 0. The number of nitro groups is 1. The lowest BCUT2D eigenvalue weighted by molar-refractivity contribution is -0.402. The molecule has 1 aromatic heterocycles. The zero-order valence-electron chi connectivity index (χ0n) is 11.2. The zero-order chi connectivity index (χ0) is 14.0. The molecule has 1 aliphatic heterocycles. The molecule has 1 fully saturated rings. The van der Waals surface area contributed by atoms with E-state index in [1.807, 2.05) is 6.92 Å². The van der Waals surface area contributed by atoms with Gasteiger partial charge in [0.1, 0.15) is 4.92 Å². The smallest absolute Gasteiger partial charge is 0.395 e. The average Bonchev–Trinajstić information content (AvgIpc) is 2.87. The van der Waals surface area contributed by atoms with Crippen molar-refractivity contribution in [2.24, 2.45) is 5.73 Å². The number of piperidine rings is 1. The van der Waals surface area contributed by atoms with E-state index in [2.05, 4.69) is 0 Å². The summed E-state index contributed by atoms with van der Waals surface area (Å²) >= 11 is 0. The summed E-state index contributed by atoms with van der Waals surface area (Å²) in [5.74, 6) is -0.743. The van der Waals surface area contributed by atoms with E-state index < -0.39 is 10.8 Å². The van der Waals surface area contributed by atoms with Gasteiger partial charge in [-0.2, -0.15) is 0 Å². The van der Waals surface area contributed by atoms with Crippen LogP contribution >= 0.6 is 12.4 Å². The van der Waals surface area contributed by atoms with Gasteiger partial charge in [-0.05, 0) is 32.3 Å². The second-order valence-corrected chi connectivity index (χ2v) is 4.82. The van der Waals surface area contributed by atoms with E-state index in [0.29, 0.717) is 6.54 Å². The summed E-state index contributed by atoms with van der Waals surface area (Å²) in [6, 6.07) is 2.37. The molecular formula is C12H18ClN3O4. The topological polar surface area (TPSA) is 103 Å². The summed E-state index contributed by atoms with van der Waals surface area (Å²) in [5, 5.41) is 10.6. The van der Waals surface area contributed by atoms with Crippen molar-refractivity contribution in [1.29, 1.82) is 0 Å². The third-order valence-electron chi connectivity index (χ3n) is 3.40. The van der Waals surface area contributed by atoms with Crippen LogP contribution in [0.3, 0.4) is 0 Å². The van der Waals surface area contributed by atoms with Crippen LogP contribution in [0.1, 0.15) is 36.7 Å². The number of rotatable bonds is 3. The minimum atomic E-state index is -0.657. The van der Waals surface area contributed by atoms with Gasteiger partial charge in [0, 0.05) is 18.6 Å². The first-order valence-electron chi connectivity index (χ1n) is 6.31. The van der Waals surface area contributed by atoms with E-state index in [1.54, 1.807) is 4.90 Å². The molecule has 2 heterocycles. The summed E-state index contributed by atoms with van der Waals surface area (Å²) in [6.07, 6.45) is 2.80. The van der Waals surface area contributed by atoms with Gasteiger partial charge >= 0.3 is 5.88 Å². The number of carbonyl (C=O) groups is 1. The highest BCUT2D eigenvalue weighted by Crippen LogP contribution is 2.23. The second kappa shape index (κ2) is 6.71. The fourth-order valence-corrected chi connectivity index (χ4v) is 2.44. The van der Waals surface area contributed by atoms with Gasteiger partial charge in [-0.3, -0.25) is 14.9 Å². The molecule has 0 saturated carbocycles. The van der Waals surface area contributed by atoms with Crippen LogP contribution < -0.4 is 5.73 Å². The van der Waals surface area contributed by atoms with Crippen LogP contribution in [0, 0.1) is 10.1 Å². The SMILES string of the molecule is CC(N)C1CCCCN1C(=O)c1ccc([N+](=O)[O-])o1.Cl. The Morgan fingerprint density at radius 2 is 2.25 bits per heavy atom. The number of amides is 1. The lowest BCUT2D eigenvalue weighted by Crippen LogP contribution is -2.51. The summed E-state index contributed by atoms with van der Waals surface area (Å²) < 4.78 is 4.96. The highest BCUT2D eigenvalue weighted by molar-refractivity contribution is 5.92. The van der Waals surface area contributed by atoms with Crippen molar-refractivity contribution < 1.29 is 14.1 Å². The van der Waals surface area contributed by atoms with Crippen molar-refractivity contribution in [1.82, 2.24) is 4.90 Å². The average molecular weight is 304 g/mol. The van der Waals surface area contributed by atoms with E-state index in [-0.39, 0.29) is 36.2 Å². The third kappa shape index (κ3) is 3.29. The minimum absolute atomic E-state index is 0. The Morgan fingerprint density at radius 3 is 2.80 bits per heavy atom. The standard InChI is InChI=1S/C12H17N3O4.ClH/c1-8(13)9-4-2-3-7-14(9)12(16)10-5-6-11(19-10)15(17)18;/h5-6,8-9H,2-4,7,13H2,1H3;1H. The van der Waals surface area contributed by atoms with Crippen molar-refractivity contribution >= 4 is 24.2 Å². The van der Waals surface area contributed by atoms with Gasteiger partial charge in [-0.15, -0.1) is 12.4 Å². The Kier molecular flexibility index (Phi) is 5.52. The molecule has 0 spiro atoms. The molecule has 2 rings (SSSR count). The normalized spacial score (nSPS) is 20.1. The molecule has 2 N–H and O–H groups in total. The maximum absolute atomic E-state index is 12.3. The Hall–Kier alpha value is -1.60. The fraction of sp³-hybridized carbons (Fsp3) is 0.583. The lowest BCUT2D eigenvalue weighted by Gasteiger charge is -2.37. The van der Waals surface area contributed by atoms with Crippen molar-refractivity contribution in [3.8, 4) is 0 Å². The fourth-order valence-electron chi connectivity index (χ4n) is 2.44. The number of halogens is 1. The number of hydrogen-bond donors (Lipinski definition) is 1. The Bertz CT molecular complexity index is 489. The van der Waals surface area contributed by atoms with Crippen molar-refractivity contribution in [3.63, 3.8) is 0 Å². The maximum Gasteiger partial charge on any atom is 0.433 e. The Balaban J connectivity index is 0.00000200. The molecule has 7 nitrogen and oxygen atoms in total. The van der Waals surface area contributed by atoms with E-state index in [1.165, 1.54) is 12.1 Å². The van der Waals surface area contributed by atoms with Crippen molar-refractivity contribution in [2.45, 2.75) is 38.3 Å². The predicted molar refractivity (Wildman–Crippen MR) is 74.9 cm³/mol. The lowest BCUT2D eigenvalue weighted by atomic mass is 9.96. The number of likely N-dealkylation sites (tertiary alicyclic amines) is 1. The molecule has 2 atom stereocenters. The molecule has 1 saturated heterocycles. The Labute approximate surface area is 122 Å². The highest BCUT2D eigenvalue weighted by atomic mass is 35.5. The van der Waals surface area contributed by atoms with Gasteiger partial charge < -0.3 is 15.1 Å². The van der Waals surface area contributed by atoms with E-state index >= 15 is 0 Å². The number of hydrogen-bond acceptors (Lipinski definition) is 5. The predicted octanol–water partition coefficient (Wildman–Crippen LogP) is 1.95. The van der Waals surface area contributed by atoms with Crippen molar-refractivity contribution in [3.05, 3.63) is 28.0 Å². The van der Waals surface area contributed by atoms with Gasteiger partial charge in [0.2, 0.25) is 0 Å². The zero-order valence-corrected chi connectivity index (χ0v) is 12.0. The molecule has 0 radical (unpaired) electrons. The first-order valence-corrected chi connectivity index (χ1v) is 6.31. The maximum atomic E-state index is 12.3. The van der Waals surface area contributed by atoms with Crippen LogP contribution in [0.4, 0.5) is 5.88 Å². The van der Waals surface area contributed by atoms with E-state index in [4.69, 9.17) is 10.2 Å². The van der Waals surface area contributed by atoms with E-state index in [0.717, 1.165) is 19.3 Å². The molecule has 0 aromatic carbocycles. The summed E-state index contributed by atoms with van der Waals surface area (Å²) in [5.41, 5.74) is 5.89. The number of furan rings is 1. The van der Waals surface area contributed by atoms with Crippen LogP contribution in [-0.2, 0) is 0 Å². The molecule has 112 valence electrons. The second-order valence-electron chi connectivity index (χ2n) is 4.82. The van der Waals surface area contributed by atoms with Crippen LogP contribution in [0.5, 0.6) is 0 Å². The quantitative estimate of drug-likeness (QED) is 0.679. The largest absolute Gasteiger partial charge is 0.433 e.